The molecule has 3 heteroatoms. The van der Waals surface area contributed by atoms with Crippen LogP contribution < -0.4 is 0 Å². The lowest BCUT2D eigenvalue weighted by Gasteiger charge is -2.41. The van der Waals surface area contributed by atoms with Gasteiger partial charge in [0.15, 0.2) is 5.78 Å². The Hall–Kier alpha value is -0.700. The van der Waals surface area contributed by atoms with Crippen LogP contribution in [0.4, 0.5) is 0 Å². The number of ketones is 1. The molecular weight excluding hydrogens is 242 g/mol. The minimum absolute atomic E-state index is 0.178. The Balaban J connectivity index is 1.89. The van der Waals surface area contributed by atoms with E-state index in [0.29, 0.717) is 5.92 Å². The summed E-state index contributed by atoms with van der Waals surface area (Å²) in [6, 6.07) is 0. The van der Waals surface area contributed by atoms with Crippen molar-refractivity contribution in [3.63, 3.8) is 0 Å². The molecule has 0 spiro atoms. The fourth-order valence-corrected chi connectivity index (χ4v) is 4.52. The average molecular weight is 263 g/mol. The molecule has 0 N–H and O–H groups in total. The Morgan fingerprint density at radius 1 is 1.22 bits per heavy atom. The summed E-state index contributed by atoms with van der Waals surface area (Å²) in [4.78, 5) is 17.2. The number of aromatic nitrogens is 1. The first-order chi connectivity index (χ1) is 8.66. The van der Waals surface area contributed by atoms with E-state index in [2.05, 4.69) is 0 Å². The van der Waals surface area contributed by atoms with E-state index in [4.69, 9.17) is 4.98 Å². The number of rotatable bonds is 4. The second-order valence-electron chi connectivity index (χ2n) is 5.93. The molecule has 0 unspecified atom stereocenters. The molecule has 3 rings (SSSR count). The minimum atomic E-state index is 0.178. The fraction of sp³-hybridized carbons (Fsp3) is 0.733. The molecule has 2 aliphatic rings. The van der Waals surface area contributed by atoms with Gasteiger partial charge in [-0.3, -0.25) is 4.79 Å². The Morgan fingerprint density at radius 2 is 1.78 bits per heavy atom. The summed E-state index contributed by atoms with van der Waals surface area (Å²) in [5.74, 6) is 2.53. The summed E-state index contributed by atoms with van der Waals surface area (Å²) < 4.78 is 0. The van der Waals surface area contributed by atoms with Crippen LogP contribution in [0, 0.1) is 18.8 Å². The SMILES string of the molecule is CC(=O)c1sc(C(C2CCC2)C2CCC2)nc1C. The van der Waals surface area contributed by atoms with Gasteiger partial charge < -0.3 is 0 Å². The molecule has 0 amide bonds. The molecule has 2 fully saturated rings. The molecule has 0 bridgehead atoms. The number of carbonyl (C=O) groups excluding carboxylic acids is 1. The number of thiazole rings is 1. The van der Waals surface area contributed by atoms with Gasteiger partial charge in [-0.25, -0.2) is 4.98 Å². The van der Waals surface area contributed by atoms with Gasteiger partial charge in [-0.05, 0) is 44.4 Å². The second-order valence-corrected chi connectivity index (χ2v) is 6.96. The molecule has 1 aromatic heterocycles. The van der Waals surface area contributed by atoms with E-state index >= 15 is 0 Å². The summed E-state index contributed by atoms with van der Waals surface area (Å²) >= 11 is 1.67. The monoisotopic (exact) mass is 263 g/mol. The number of hydrogen-bond acceptors (Lipinski definition) is 3. The molecule has 0 radical (unpaired) electrons. The molecular formula is C15H21NOS. The third-order valence-electron chi connectivity index (χ3n) is 4.73. The highest BCUT2D eigenvalue weighted by Crippen LogP contribution is 2.50. The minimum Gasteiger partial charge on any atom is -0.294 e. The van der Waals surface area contributed by atoms with Crippen molar-refractivity contribution in [2.45, 2.75) is 58.3 Å². The maximum Gasteiger partial charge on any atom is 0.171 e. The van der Waals surface area contributed by atoms with Crippen molar-refractivity contribution in [3.05, 3.63) is 15.6 Å². The number of Topliss-reactive ketones (excluding diaryl/α,β-unsaturated/α-hetero) is 1. The van der Waals surface area contributed by atoms with Crippen LogP contribution in [-0.4, -0.2) is 10.8 Å². The molecule has 0 atom stereocenters. The van der Waals surface area contributed by atoms with Crippen molar-refractivity contribution in [2.75, 3.05) is 0 Å². The lowest BCUT2D eigenvalue weighted by atomic mass is 9.65. The first-order valence-corrected chi connectivity index (χ1v) is 7.96. The topological polar surface area (TPSA) is 30.0 Å². The van der Waals surface area contributed by atoms with Gasteiger partial charge in [0.1, 0.15) is 0 Å². The lowest BCUT2D eigenvalue weighted by molar-refractivity contribution is 0.102. The van der Waals surface area contributed by atoms with E-state index in [1.807, 2.05) is 6.92 Å². The predicted molar refractivity (Wildman–Crippen MR) is 74.3 cm³/mol. The Labute approximate surface area is 113 Å². The Kier molecular flexibility index (Phi) is 3.27. The summed E-state index contributed by atoms with van der Waals surface area (Å²) in [6.07, 6.45) is 8.25. The van der Waals surface area contributed by atoms with Gasteiger partial charge in [0.05, 0.1) is 15.6 Å². The van der Waals surface area contributed by atoms with Crippen LogP contribution >= 0.6 is 11.3 Å². The van der Waals surface area contributed by atoms with Crippen molar-refractivity contribution in [1.29, 1.82) is 0 Å². The van der Waals surface area contributed by atoms with E-state index in [1.165, 1.54) is 43.5 Å². The maximum absolute atomic E-state index is 11.6. The van der Waals surface area contributed by atoms with E-state index in [-0.39, 0.29) is 5.78 Å². The molecule has 2 aliphatic carbocycles. The largest absolute Gasteiger partial charge is 0.294 e. The van der Waals surface area contributed by atoms with Crippen LogP contribution in [-0.2, 0) is 0 Å². The smallest absolute Gasteiger partial charge is 0.171 e. The van der Waals surface area contributed by atoms with Gasteiger partial charge in [0.25, 0.3) is 0 Å². The third kappa shape index (κ3) is 2.03. The third-order valence-corrected chi connectivity index (χ3v) is 6.09. The lowest BCUT2D eigenvalue weighted by Crippen LogP contribution is -2.30. The quantitative estimate of drug-likeness (QED) is 0.756. The van der Waals surface area contributed by atoms with Crippen molar-refractivity contribution >= 4 is 17.1 Å². The van der Waals surface area contributed by atoms with Gasteiger partial charge in [-0.1, -0.05) is 12.8 Å². The molecule has 2 saturated carbocycles. The van der Waals surface area contributed by atoms with Crippen LogP contribution in [0.15, 0.2) is 0 Å². The molecule has 2 nitrogen and oxygen atoms in total. The standard InChI is InChI=1S/C15H21NOS/c1-9-14(10(2)17)18-15(16-9)13(11-5-3-6-11)12-7-4-8-12/h11-13H,3-8H2,1-2H3. The number of carbonyl (C=O) groups is 1. The first-order valence-electron chi connectivity index (χ1n) is 7.15. The number of aryl methyl sites for hydroxylation is 1. The highest BCUT2D eigenvalue weighted by atomic mass is 32.1. The molecule has 0 aromatic carbocycles. The maximum atomic E-state index is 11.6. The molecule has 98 valence electrons. The van der Waals surface area contributed by atoms with Gasteiger partial charge in [0.2, 0.25) is 0 Å². The zero-order valence-corrected chi connectivity index (χ0v) is 12.1. The van der Waals surface area contributed by atoms with Crippen LogP contribution in [0.5, 0.6) is 0 Å². The fourth-order valence-electron chi connectivity index (χ4n) is 3.27. The summed E-state index contributed by atoms with van der Waals surface area (Å²) in [5, 5.41) is 1.26. The van der Waals surface area contributed by atoms with Gasteiger partial charge in [-0.2, -0.15) is 0 Å². The van der Waals surface area contributed by atoms with E-state index in [0.717, 1.165) is 22.4 Å². The van der Waals surface area contributed by atoms with Gasteiger partial charge in [-0.15, -0.1) is 11.3 Å². The highest BCUT2D eigenvalue weighted by molar-refractivity contribution is 7.13. The molecule has 0 aliphatic heterocycles. The normalized spacial score (nSPS) is 20.8. The van der Waals surface area contributed by atoms with E-state index in [1.54, 1.807) is 18.3 Å². The van der Waals surface area contributed by atoms with Crippen LogP contribution in [0.3, 0.4) is 0 Å². The van der Waals surface area contributed by atoms with Crippen LogP contribution in [0.25, 0.3) is 0 Å². The van der Waals surface area contributed by atoms with E-state index < -0.39 is 0 Å². The molecule has 1 heterocycles. The van der Waals surface area contributed by atoms with E-state index in [9.17, 15) is 4.79 Å². The number of hydrogen-bond donors (Lipinski definition) is 0. The molecule has 18 heavy (non-hydrogen) atoms. The highest BCUT2D eigenvalue weighted by Gasteiger charge is 2.39. The van der Waals surface area contributed by atoms with Crippen LogP contribution in [0.2, 0.25) is 0 Å². The zero-order valence-electron chi connectivity index (χ0n) is 11.2. The summed E-state index contributed by atoms with van der Waals surface area (Å²) in [6.45, 7) is 3.64. The van der Waals surface area contributed by atoms with Gasteiger partial charge in [0, 0.05) is 12.8 Å². The van der Waals surface area contributed by atoms with Crippen molar-refractivity contribution < 1.29 is 4.79 Å². The Bertz CT molecular complexity index is 443. The summed E-state index contributed by atoms with van der Waals surface area (Å²) in [7, 11) is 0. The Morgan fingerprint density at radius 3 is 2.11 bits per heavy atom. The first kappa shape index (κ1) is 12.3. The van der Waals surface area contributed by atoms with Crippen molar-refractivity contribution in [3.8, 4) is 0 Å². The van der Waals surface area contributed by atoms with Crippen molar-refractivity contribution in [2.24, 2.45) is 11.8 Å². The molecule has 1 aromatic rings. The number of nitrogens with zero attached hydrogens (tertiary/aromatic N) is 1. The molecule has 0 saturated heterocycles. The average Bonchev–Trinajstić information content (AvgIpc) is 2.53. The summed E-state index contributed by atoms with van der Waals surface area (Å²) in [5.41, 5.74) is 0.950. The zero-order chi connectivity index (χ0) is 12.7. The second kappa shape index (κ2) is 4.76. The van der Waals surface area contributed by atoms with Gasteiger partial charge >= 0.3 is 0 Å². The predicted octanol–water partition coefficient (Wildman–Crippen LogP) is 4.34. The van der Waals surface area contributed by atoms with Crippen LogP contribution in [0.1, 0.15) is 71.7 Å². The van der Waals surface area contributed by atoms with Crippen molar-refractivity contribution in [1.82, 2.24) is 4.98 Å².